The highest BCUT2D eigenvalue weighted by Crippen LogP contribution is 2.35. The third-order valence-electron chi connectivity index (χ3n) is 4.77. The molecule has 1 saturated heterocycles. The Bertz CT molecular complexity index is 1020. The molecule has 10 nitrogen and oxygen atoms in total. The van der Waals surface area contributed by atoms with Crippen LogP contribution in [0.4, 0.5) is 4.39 Å². The van der Waals surface area contributed by atoms with Gasteiger partial charge in [0.15, 0.2) is 16.6 Å². The maximum absolute atomic E-state index is 13.4. The summed E-state index contributed by atoms with van der Waals surface area (Å²) in [5, 5.41) is 28.5. The van der Waals surface area contributed by atoms with Crippen LogP contribution < -0.4 is 10.5 Å². The van der Waals surface area contributed by atoms with E-state index in [9.17, 15) is 18.0 Å². The third-order valence-corrected chi connectivity index (χ3v) is 6.91. The van der Waals surface area contributed by atoms with Gasteiger partial charge in [0.2, 0.25) is 0 Å². The van der Waals surface area contributed by atoms with Crippen molar-refractivity contribution in [1.82, 2.24) is 19.9 Å². The molecule has 1 aliphatic heterocycles. The number of amidine groups is 1. The molecular weight excluding hydrogens is 411 g/mol. The number of aromatic nitrogens is 2. The zero-order valence-electron chi connectivity index (χ0n) is 14.4. The van der Waals surface area contributed by atoms with Crippen LogP contribution in [0.25, 0.3) is 0 Å². The number of rotatable bonds is 6. The molecule has 1 atom stereocenters. The predicted octanol–water partition coefficient (Wildman–Crippen LogP) is 0.254. The Morgan fingerprint density at radius 3 is 2.96 bits per heavy atom. The Hall–Kier alpha value is -2.22. The topological polar surface area (TPSA) is 147 Å². The molecule has 0 saturated carbocycles. The van der Waals surface area contributed by atoms with E-state index in [1.807, 2.05) is 0 Å². The van der Waals surface area contributed by atoms with E-state index in [1.54, 1.807) is 6.07 Å². The van der Waals surface area contributed by atoms with Gasteiger partial charge in [0, 0.05) is 30.8 Å². The van der Waals surface area contributed by atoms with Crippen LogP contribution in [-0.2, 0) is 16.6 Å². The first-order valence-electron chi connectivity index (χ1n) is 8.37. The van der Waals surface area contributed by atoms with Crippen LogP contribution in [0, 0.1) is 5.82 Å². The zero-order valence-corrected chi connectivity index (χ0v) is 16.1. The lowest BCUT2D eigenvalue weighted by Crippen LogP contribution is -2.54. The number of nitrogens with one attached hydrogen (secondary N) is 1. The molecule has 150 valence electrons. The summed E-state index contributed by atoms with van der Waals surface area (Å²) >= 11 is 1.26. The minimum absolute atomic E-state index is 0.0644. The number of thioether (sulfide) groups is 1. The minimum Gasteiger partial charge on any atom is -0.409 e. The van der Waals surface area contributed by atoms with Gasteiger partial charge in [-0.3, -0.25) is 0 Å². The summed E-state index contributed by atoms with van der Waals surface area (Å²) < 4.78 is 41.8. The normalized spacial score (nSPS) is 20.4. The van der Waals surface area contributed by atoms with Gasteiger partial charge in [0.1, 0.15) is 5.82 Å². The van der Waals surface area contributed by atoms with Gasteiger partial charge in [0.05, 0.1) is 0 Å². The Balaban J connectivity index is 1.37. The van der Waals surface area contributed by atoms with Crippen molar-refractivity contribution in [3.63, 3.8) is 0 Å². The summed E-state index contributed by atoms with van der Waals surface area (Å²) in [6.07, 6.45) is 0.797. The van der Waals surface area contributed by atoms with Gasteiger partial charge in [-0.2, -0.15) is 12.7 Å². The smallest absolute Gasteiger partial charge is 0.276 e. The number of benzene rings is 1. The van der Waals surface area contributed by atoms with E-state index >= 15 is 0 Å². The molecule has 13 heteroatoms. The number of halogens is 1. The number of hydrogen-bond acceptors (Lipinski definition) is 8. The van der Waals surface area contributed by atoms with E-state index in [0.717, 1.165) is 21.9 Å². The highest BCUT2D eigenvalue weighted by atomic mass is 32.2. The Labute approximate surface area is 164 Å². The zero-order chi connectivity index (χ0) is 19.9. The van der Waals surface area contributed by atoms with Crippen molar-refractivity contribution in [3.05, 3.63) is 40.8 Å². The van der Waals surface area contributed by atoms with E-state index in [1.165, 1.54) is 23.9 Å². The number of hydrogen-bond donors (Lipinski definition) is 3. The SMILES string of the molecule is NS(=O)(=O)N1CC(Sc2nonc2/C(=N/O)NC[C@H]2Cc3ccc(F)cc32)C1. The van der Waals surface area contributed by atoms with Crippen molar-refractivity contribution in [2.24, 2.45) is 10.3 Å². The van der Waals surface area contributed by atoms with Gasteiger partial charge < -0.3 is 10.5 Å². The van der Waals surface area contributed by atoms with Gasteiger partial charge in [-0.25, -0.2) is 14.2 Å². The molecule has 0 bridgehead atoms. The third kappa shape index (κ3) is 3.70. The van der Waals surface area contributed by atoms with E-state index in [4.69, 9.17) is 9.77 Å². The predicted molar refractivity (Wildman–Crippen MR) is 97.8 cm³/mol. The van der Waals surface area contributed by atoms with E-state index in [-0.39, 0.29) is 41.6 Å². The lowest BCUT2D eigenvalue weighted by molar-refractivity contribution is 0.295. The number of oxime groups is 1. The molecule has 1 fully saturated rings. The molecule has 1 aromatic carbocycles. The molecule has 28 heavy (non-hydrogen) atoms. The fraction of sp³-hybridized carbons (Fsp3) is 0.400. The Morgan fingerprint density at radius 1 is 1.46 bits per heavy atom. The standard InChI is InChI=1S/C15H17FN6O4S2/c16-10-2-1-8-3-9(12(8)4-10)5-18-14(19-23)13-15(21-26-20-13)27-11-6-22(7-11)28(17,24)25/h1-2,4,9,11,23H,3,5-7H2,(H,18,19)(H2,17,24,25)/t9-/m1/s1. The largest absolute Gasteiger partial charge is 0.409 e. The summed E-state index contributed by atoms with van der Waals surface area (Å²) in [4.78, 5) is 0. The van der Waals surface area contributed by atoms with Crippen LogP contribution in [0.1, 0.15) is 22.7 Å². The molecule has 0 amide bonds. The summed E-state index contributed by atoms with van der Waals surface area (Å²) in [6.45, 7) is 0.925. The van der Waals surface area contributed by atoms with Gasteiger partial charge in [-0.15, -0.1) is 0 Å². The van der Waals surface area contributed by atoms with Crippen LogP contribution in [-0.4, -0.2) is 59.0 Å². The van der Waals surface area contributed by atoms with Crippen molar-refractivity contribution in [2.45, 2.75) is 22.6 Å². The second-order valence-corrected chi connectivity index (χ2v) is 9.43. The summed E-state index contributed by atoms with van der Waals surface area (Å²) in [5.74, 6) is -0.113. The Morgan fingerprint density at radius 2 is 2.25 bits per heavy atom. The molecule has 4 N–H and O–H groups in total. The average molecular weight is 428 g/mol. The highest BCUT2D eigenvalue weighted by Gasteiger charge is 2.36. The minimum atomic E-state index is -3.69. The first-order chi connectivity index (χ1) is 13.3. The molecule has 1 aromatic heterocycles. The van der Waals surface area contributed by atoms with E-state index in [2.05, 4.69) is 20.8 Å². The fourth-order valence-electron chi connectivity index (χ4n) is 3.19. The van der Waals surface area contributed by atoms with Crippen molar-refractivity contribution < 1.29 is 22.6 Å². The molecule has 2 aromatic rings. The molecule has 2 heterocycles. The van der Waals surface area contributed by atoms with Gasteiger partial charge in [-0.1, -0.05) is 23.0 Å². The van der Waals surface area contributed by atoms with Gasteiger partial charge in [0.25, 0.3) is 10.2 Å². The van der Waals surface area contributed by atoms with Gasteiger partial charge >= 0.3 is 0 Å². The Kier molecular flexibility index (Phi) is 4.99. The quantitative estimate of drug-likeness (QED) is 0.257. The lowest BCUT2D eigenvalue weighted by Gasteiger charge is -2.35. The second-order valence-electron chi connectivity index (χ2n) is 6.59. The molecule has 1 aliphatic carbocycles. The van der Waals surface area contributed by atoms with Crippen LogP contribution in [0.3, 0.4) is 0 Å². The summed E-state index contributed by atoms with van der Waals surface area (Å²) in [6, 6.07) is 4.71. The van der Waals surface area contributed by atoms with Crippen molar-refractivity contribution in [3.8, 4) is 0 Å². The van der Waals surface area contributed by atoms with Crippen LogP contribution in [0.15, 0.2) is 33.0 Å². The number of nitrogens with zero attached hydrogens (tertiary/aromatic N) is 4. The summed E-state index contributed by atoms with van der Waals surface area (Å²) in [7, 11) is -3.69. The molecule has 0 radical (unpaired) electrons. The highest BCUT2D eigenvalue weighted by molar-refractivity contribution is 8.00. The monoisotopic (exact) mass is 428 g/mol. The van der Waals surface area contributed by atoms with E-state index < -0.39 is 10.2 Å². The maximum Gasteiger partial charge on any atom is 0.276 e. The number of fused-ring (bicyclic) bond motifs is 1. The maximum atomic E-state index is 13.4. The van der Waals surface area contributed by atoms with Crippen molar-refractivity contribution in [2.75, 3.05) is 19.6 Å². The molecule has 2 aliphatic rings. The first-order valence-corrected chi connectivity index (χ1v) is 10.7. The van der Waals surface area contributed by atoms with Crippen molar-refractivity contribution in [1.29, 1.82) is 0 Å². The molecule has 0 unspecified atom stereocenters. The molecule has 0 spiro atoms. The molecule has 4 rings (SSSR count). The first kappa shape index (κ1) is 19.1. The molecular formula is C15H17FN6O4S2. The second kappa shape index (κ2) is 7.31. The van der Waals surface area contributed by atoms with Crippen LogP contribution in [0.2, 0.25) is 0 Å². The average Bonchev–Trinajstić information content (AvgIpc) is 3.04. The van der Waals surface area contributed by atoms with Crippen molar-refractivity contribution >= 4 is 27.8 Å². The summed E-state index contributed by atoms with van der Waals surface area (Å²) in [5.41, 5.74) is 2.25. The fourth-order valence-corrected chi connectivity index (χ4v) is 5.30. The van der Waals surface area contributed by atoms with Crippen LogP contribution in [0.5, 0.6) is 0 Å². The van der Waals surface area contributed by atoms with Crippen LogP contribution >= 0.6 is 11.8 Å². The number of nitrogens with two attached hydrogens (primary N) is 1. The lowest BCUT2D eigenvalue weighted by atomic mass is 9.77. The van der Waals surface area contributed by atoms with Gasteiger partial charge in [-0.05, 0) is 40.0 Å². The van der Waals surface area contributed by atoms with E-state index in [0.29, 0.717) is 11.6 Å².